The van der Waals surface area contributed by atoms with Crippen LogP contribution in [0.4, 0.5) is 22.7 Å². The van der Waals surface area contributed by atoms with E-state index in [4.69, 9.17) is 4.55 Å². The Kier molecular flexibility index (Phi) is 10.7. The Hall–Kier alpha value is -2.04. The number of aromatic hydroxyl groups is 1. The largest absolute Gasteiger partial charge is 0.506 e. The number of azo groups is 2. The van der Waals surface area contributed by atoms with Gasteiger partial charge in [0.1, 0.15) is 11.4 Å². The van der Waals surface area contributed by atoms with E-state index in [0.29, 0.717) is 27.8 Å². The molecule has 0 atom stereocenters. The fraction of sp³-hybridized carbons (Fsp3) is 0. The molecule has 37 heavy (non-hydrogen) atoms. The zero-order valence-corrected chi connectivity index (χ0v) is 25.2. The summed E-state index contributed by atoms with van der Waals surface area (Å²) in [6.07, 6.45) is 0. The van der Waals surface area contributed by atoms with Crippen molar-refractivity contribution in [2.24, 2.45) is 20.5 Å². The van der Waals surface area contributed by atoms with Crippen LogP contribution in [0.1, 0.15) is 0 Å². The molecule has 11 nitrogen and oxygen atoms in total. The Morgan fingerprint density at radius 2 is 0.973 bits per heavy atom. The van der Waals surface area contributed by atoms with E-state index in [1.165, 1.54) is 54.6 Å². The molecule has 0 aliphatic rings. The summed E-state index contributed by atoms with van der Waals surface area (Å²) >= 11 is 0. The number of rotatable bonds is 6. The first kappa shape index (κ1) is 31.2. The molecule has 4 aromatic rings. The zero-order valence-electron chi connectivity index (χ0n) is 19.6. The molecule has 0 saturated carbocycles. The number of hydrogen-bond donors (Lipinski definition) is 3. The van der Waals surface area contributed by atoms with Gasteiger partial charge in [-0.3, -0.25) is 9.11 Å². The van der Waals surface area contributed by atoms with Crippen molar-refractivity contribution >= 4 is 113 Å². The Labute approximate surface area is 256 Å². The monoisotopic (exact) mass is 558 g/mol. The molecule has 0 saturated heterocycles. The first-order valence-corrected chi connectivity index (χ1v) is 12.6. The first-order chi connectivity index (χ1) is 16.5. The van der Waals surface area contributed by atoms with Crippen molar-refractivity contribution in [3.63, 3.8) is 0 Å². The quantitative estimate of drug-likeness (QED) is 0.167. The first-order valence-electron chi connectivity index (χ1n) is 9.75. The van der Waals surface area contributed by atoms with Gasteiger partial charge in [0.05, 0.1) is 26.9 Å². The smallest absolute Gasteiger partial charge is 0.294 e. The van der Waals surface area contributed by atoms with Gasteiger partial charge in [0, 0.05) is 64.5 Å². The van der Waals surface area contributed by atoms with E-state index >= 15 is 0 Å². The van der Waals surface area contributed by atoms with E-state index < -0.39 is 20.2 Å². The van der Waals surface area contributed by atoms with Crippen molar-refractivity contribution in [1.29, 1.82) is 0 Å². The summed E-state index contributed by atoms with van der Waals surface area (Å²) in [6.45, 7) is 0. The topological polar surface area (TPSA) is 178 Å². The van der Waals surface area contributed by atoms with E-state index in [1.54, 1.807) is 24.3 Å². The van der Waals surface area contributed by atoms with Crippen molar-refractivity contribution in [3.05, 3.63) is 78.9 Å². The number of nitrogens with zero attached hydrogens (tertiary/aromatic N) is 4. The van der Waals surface area contributed by atoms with Crippen LogP contribution in [-0.4, -0.2) is 90.2 Å². The van der Waals surface area contributed by atoms with Crippen LogP contribution in [0.15, 0.2) is 109 Å². The third-order valence-corrected chi connectivity index (χ3v) is 6.49. The van der Waals surface area contributed by atoms with Crippen LogP contribution in [-0.2, 0) is 20.2 Å². The summed E-state index contributed by atoms with van der Waals surface area (Å²) in [7, 11) is -8.66. The van der Waals surface area contributed by atoms with E-state index in [9.17, 15) is 26.5 Å². The van der Waals surface area contributed by atoms with Crippen LogP contribution >= 0.6 is 0 Å². The van der Waals surface area contributed by atoms with Gasteiger partial charge in [-0.2, -0.15) is 32.2 Å². The number of hydrogen-bond acceptors (Lipinski definition) is 9. The Balaban J connectivity index is 0.00000241. The second-order valence-corrected chi connectivity index (χ2v) is 10.0. The zero-order chi connectivity index (χ0) is 25.2. The standard InChI is InChI=1S/C22H16N4O7S2.2Na/c27-21-12-1-14-13-19(35(31,32)33)10-11-20(14)22(21)26-25-16-4-2-15(3-5-16)23-24-17-6-8-18(9-7-17)34(28,29)30;;/h1-13,27H,(H,28,29,30)(H,31,32,33);;. The second kappa shape index (κ2) is 12.7. The minimum Gasteiger partial charge on any atom is -0.506 e. The molecule has 0 aliphatic carbocycles. The molecular formula is C22H16N4Na2O7S2. The summed E-state index contributed by atoms with van der Waals surface area (Å²) in [5.74, 6) is -0.161. The maximum Gasteiger partial charge on any atom is 0.294 e. The van der Waals surface area contributed by atoms with E-state index in [1.807, 2.05) is 0 Å². The number of fused-ring (bicyclic) bond motifs is 1. The van der Waals surface area contributed by atoms with Gasteiger partial charge >= 0.3 is 0 Å². The molecule has 0 heterocycles. The van der Waals surface area contributed by atoms with Gasteiger partial charge in [-0.1, -0.05) is 12.1 Å². The predicted molar refractivity (Wildman–Crippen MR) is 138 cm³/mol. The molecule has 0 spiro atoms. The van der Waals surface area contributed by atoms with Crippen LogP contribution in [0, 0.1) is 0 Å². The van der Waals surface area contributed by atoms with Crippen LogP contribution < -0.4 is 0 Å². The molecule has 180 valence electrons. The van der Waals surface area contributed by atoms with Gasteiger partial charge in [-0.05, 0) is 72.1 Å². The van der Waals surface area contributed by atoms with Crippen LogP contribution in [0.25, 0.3) is 10.8 Å². The molecule has 2 radical (unpaired) electrons. The maximum atomic E-state index is 11.4. The third-order valence-electron chi connectivity index (χ3n) is 4.77. The van der Waals surface area contributed by atoms with Crippen LogP contribution in [0.5, 0.6) is 5.75 Å². The molecule has 4 aromatic carbocycles. The van der Waals surface area contributed by atoms with Crippen LogP contribution in [0.2, 0.25) is 0 Å². The summed E-state index contributed by atoms with van der Waals surface area (Å²) < 4.78 is 63.1. The van der Waals surface area contributed by atoms with Crippen molar-refractivity contribution < 1.29 is 31.0 Å². The number of phenolic OH excluding ortho intramolecular Hbond substituents is 1. The molecule has 3 N–H and O–H groups in total. The van der Waals surface area contributed by atoms with Gasteiger partial charge in [-0.25, -0.2) is 0 Å². The van der Waals surface area contributed by atoms with E-state index in [0.717, 1.165) is 0 Å². The van der Waals surface area contributed by atoms with Crippen LogP contribution in [0.3, 0.4) is 0 Å². The fourth-order valence-electron chi connectivity index (χ4n) is 3.04. The van der Waals surface area contributed by atoms with Gasteiger partial charge in [0.25, 0.3) is 20.2 Å². The fourth-order valence-corrected chi connectivity index (χ4v) is 4.04. The van der Waals surface area contributed by atoms with Crippen molar-refractivity contribution in [2.45, 2.75) is 9.79 Å². The summed E-state index contributed by atoms with van der Waals surface area (Å²) in [6, 6.07) is 18.4. The summed E-state index contributed by atoms with van der Waals surface area (Å²) in [5, 5.41) is 27.3. The van der Waals surface area contributed by atoms with Gasteiger partial charge in [-0.15, -0.1) is 5.11 Å². The van der Waals surface area contributed by atoms with Gasteiger partial charge < -0.3 is 5.11 Å². The average molecular weight is 559 g/mol. The Morgan fingerprint density at radius 3 is 1.46 bits per heavy atom. The Bertz CT molecular complexity index is 1690. The molecular weight excluding hydrogens is 542 g/mol. The molecule has 4 rings (SSSR count). The van der Waals surface area contributed by atoms with Crippen molar-refractivity contribution in [3.8, 4) is 5.75 Å². The third kappa shape index (κ3) is 7.97. The summed E-state index contributed by atoms with van der Waals surface area (Å²) in [5.41, 5.74) is 1.42. The van der Waals surface area contributed by atoms with Crippen molar-refractivity contribution in [1.82, 2.24) is 0 Å². The van der Waals surface area contributed by atoms with E-state index in [2.05, 4.69) is 20.5 Å². The van der Waals surface area contributed by atoms with Crippen molar-refractivity contribution in [2.75, 3.05) is 0 Å². The van der Waals surface area contributed by atoms with Gasteiger partial charge in [0.2, 0.25) is 0 Å². The minimum absolute atomic E-state index is 0. The van der Waals surface area contributed by atoms with Gasteiger partial charge in [0.15, 0.2) is 0 Å². The molecule has 0 aromatic heterocycles. The maximum absolute atomic E-state index is 11.4. The summed E-state index contributed by atoms with van der Waals surface area (Å²) in [4.78, 5) is -0.528. The molecule has 0 unspecified atom stereocenters. The Morgan fingerprint density at radius 1 is 0.541 bits per heavy atom. The second-order valence-electron chi connectivity index (χ2n) is 7.18. The molecule has 0 bridgehead atoms. The predicted octanol–water partition coefficient (Wildman–Crippen LogP) is 5.11. The average Bonchev–Trinajstić information content (AvgIpc) is 2.81. The molecule has 0 fully saturated rings. The number of benzene rings is 4. The molecule has 15 heteroatoms. The normalized spacial score (nSPS) is 11.9. The SMILES string of the molecule is O=S(=O)(O)c1ccc(N=Nc2ccc(N=Nc3c(O)ccc4cc(S(=O)(=O)O)ccc34)cc2)cc1.[Na].[Na]. The molecule has 0 amide bonds. The number of phenols is 1. The minimum atomic E-state index is -4.37. The molecule has 0 aliphatic heterocycles. The van der Waals surface area contributed by atoms with E-state index in [-0.39, 0.29) is 80.3 Å².